The molecule has 0 aliphatic heterocycles. The zero-order chi connectivity index (χ0) is 27.6. The second-order valence-electron chi connectivity index (χ2n) is 8.33. The van der Waals surface area contributed by atoms with E-state index in [9.17, 15) is 13.2 Å². The summed E-state index contributed by atoms with van der Waals surface area (Å²) in [5.74, 6) is 1.69. The van der Waals surface area contributed by atoms with Crippen LogP contribution in [0.4, 0.5) is 19.1 Å². The van der Waals surface area contributed by atoms with Crippen LogP contribution in [0.2, 0.25) is 5.02 Å². The van der Waals surface area contributed by atoms with Crippen LogP contribution in [0, 0.1) is 12.8 Å². The van der Waals surface area contributed by atoms with Gasteiger partial charge in [0.25, 0.3) is 0 Å². The summed E-state index contributed by atoms with van der Waals surface area (Å²) in [5, 5.41) is 7.38. The maximum atomic E-state index is 11.7. The minimum atomic E-state index is -4.70. The van der Waals surface area contributed by atoms with Crippen molar-refractivity contribution in [3.63, 3.8) is 0 Å². The van der Waals surface area contributed by atoms with Gasteiger partial charge in [-0.2, -0.15) is 0 Å². The topological polar surface area (TPSA) is 73.6 Å². The number of aldehydes is 1. The van der Waals surface area contributed by atoms with Crippen LogP contribution in [0.5, 0.6) is 5.75 Å². The number of ether oxygens (including phenoxy) is 2. The Hall–Kier alpha value is -2.26. The highest BCUT2D eigenvalue weighted by Crippen LogP contribution is 2.31. The van der Waals surface area contributed by atoms with Crippen molar-refractivity contribution in [2.75, 3.05) is 25.6 Å². The van der Waals surface area contributed by atoms with E-state index in [1.54, 1.807) is 14.0 Å². The summed E-state index contributed by atoms with van der Waals surface area (Å²) in [6, 6.07) is 6.13. The Balaban J connectivity index is 0.000000657. The number of methoxy groups -OCH3 is 1. The first-order valence-corrected chi connectivity index (χ1v) is 12.5. The fourth-order valence-electron chi connectivity index (χ4n) is 3.13. The Morgan fingerprint density at radius 3 is 2.39 bits per heavy atom. The van der Waals surface area contributed by atoms with Crippen LogP contribution >= 0.6 is 11.6 Å². The predicted octanol–water partition coefficient (Wildman–Crippen LogP) is 8.20. The van der Waals surface area contributed by atoms with E-state index in [1.165, 1.54) is 57.2 Å². The van der Waals surface area contributed by atoms with Crippen molar-refractivity contribution in [1.82, 2.24) is 5.16 Å². The first-order valence-electron chi connectivity index (χ1n) is 12.1. The number of aromatic nitrogens is 1. The van der Waals surface area contributed by atoms with Crippen LogP contribution in [-0.4, -0.2) is 38.1 Å². The van der Waals surface area contributed by atoms with Gasteiger partial charge in [-0.15, -0.1) is 13.2 Å². The molecule has 0 aliphatic carbocycles. The fourth-order valence-corrected chi connectivity index (χ4v) is 3.41. The number of carbonyl (C=O) groups excluding carboxylic acids is 1. The second kappa shape index (κ2) is 18.9. The number of aryl methyl sites for hydroxylation is 1. The predicted molar refractivity (Wildman–Crippen MR) is 138 cm³/mol. The lowest BCUT2D eigenvalue weighted by molar-refractivity contribution is -0.274. The Morgan fingerprint density at radius 1 is 1.19 bits per heavy atom. The Morgan fingerprint density at radius 2 is 1.86 bits per heavy atom. The zero-order valence-electron chi connectivity index (χ0n) is 22.1. The van der Waals surface area contributed by atoms with E-state index in [0.717, 1.165) is 35.9 Å². The van der Waals surface area contributed by atoms with Crippen molar-refractivity contribution in [2.45, 2.75) is 79.0 Å². The molecule has 10 heteroatoms. The van der Waals surface area contributed by atoms with Gasteiger partial charge in [0.2, 0.25) is 5.88 Å². The van der Waals surface area contributed by atoms with Gasteiger partial charge in [-0.05, 0) is 50.3 Å². The van der Waals surface area contributed by atoms with Crippen molar-refractivity contribution in [1.29, 1.82) is 0 Å². The smallest absolute Gasteiger partial charge is 0.404 e. The van der Waals surface area contributed by atoms with E-state index in [-0.39, 0.29) is 10.8 Å². The molecule has 0 bridgehead atoms. The number of hydrogen-bond acceptors (Lipinski definition) is 6. The van der Waals surface area contributed by atoms with Gasteiger partial charge in [0.15, 0.2) is 0 Å². The monoisotopic (exact) mass is 536 g/mol. The number of nitrogens with one attached hydrogen (secondary N) is 1. The van der Waals surface area contributed by atoms with Crippen LogP contribution in [-0.2, 0) is 9.53 Å². The molecule has 206 valence electrons. The molecule has 0 saturated carbocycles. The summed E-state index contributed by atoms with van der Waals surface area (Å²) in [6.07, 6.45) is 2.14. The van der Waals surface area contributed by atoms with Crippen molar-refractivity contribution < 1.29 is 32.0 Å². The third kappa shape index (κ3) is 15.7. The summed E-state index contributed by atoms with van der Waals surface area (Å²) in [7, 11) is 1.69. The van der Waals surface area contributed by atoms with Crippen molar-refractivity contribution in [2.24, 2.45) is 5.92 Å². The summed E-state index contributed by atoms with van der Waals surface area (Å²) < 4.78 is 49.2. The first-order chi connectivity index (χ1) is 17.0. The van der Waals surface area contributed by atoms with Gasteiger partial charge in [0.1, 0.15) is 12.0 Å². The molecule has 2 rings (SSSR count). The molecule has 0 amide bonds. The molecule has 0 aliphatic rings. The lowest BCUT2D eigenvalue weighted by Gasteiger charge is -2.15. The van der Waals surface area contributed by atoms with E-state index in [1.807, 2.05) is 6.07 Å². The largest absolute Gasteiger partial charge is 0.573 e. The van der Waals surface area contributed by atoms with Gasteiger partial charge in [0, 0.05) is 25.6 Å². The number of alkyl halides is 3. The molecule has 1 heterocycles. The Bertz CT molecular complexity index is 847. The van der Waals surface area contributed by atoms with Gasteiger partial charge < -0.3 is 24.1 Å². The summed E-state index contributed by atoms with van der Waals surface area (Å²) in [5.41, 5.74) is 1.87. The average Bonchev–Trinajstić information content (AvgIpc) is 3.27. The Labute approximate surface area is 217 Å². The molecule has 2 unspecified atom stereocenters. The molecule has 0 fully saturated rings. The maximum Gasteiger partial charge on any atom is 0.573 e. The van der Waals surface area contributed by atoms with Crippen LogP contribution in [0.25, 0.3) is 0 Å². The van der Waals surface area contributed by atoms with Crippen LogP contribution < -0.4 is 10.1 Å². The standard InChI is InChI=1S/C16H30N2O2.C8H6ClF3O.C2H4O/c1-5-7-14(9-8-13(3)6-2)15-12-16(20-18-15)17-10-11-19-4;1-5-2-3-7(6(9)4-5)13-8(10,11)12;1-2-3/h12-14,17H,5-11H2,1-4H3;2-4H,1H3;2H,1H3. The van der Waals surface area contributed by atoms with Crippen LogP contribution in [0.15, 0.2) is 28.8 Å². The van der Waals surface area contributed by atoms with Gasteiger partial charge in [-0.25, -0.2) is 0 Å². The average molecular weight is 537 g/mol. The normalized spacial score (nSPS) is 12.4. The van der Waals surface area contributed by atoms with Crippen LogP contribution in [0.1, 0.15) is 77.0 Å². The molecule has 0 spiro atoms. The molecular formula is C26H40ClF3N2O4. The quantitative estimate of drug-likeness (QED) is 0.218. The number of rotatable bonds is 12. The number of halogens is 4. The summed E-state index contributed by atoms with van der Waals surface area (Å²) in [6.45, 7) is 11.4. The van der Waals surface area contributed by atoms with Crippen molar-refractivity contribution in [3.8, 4) is 5.75 Å². The summed E-state index contributed by atoms with van der Waals surface area (Å²) >= 11 is 5.51. The molecule has 2 atom stereocenters. The molecule has 1 aromatic carbocycles. The molecule has 0 radical (unpaired) electrons. The first kappa shape index (κ1) is 33.7. The molecule has 6 nitrogen and oxygen atoms in total. The van der Waals surface area contributed by atoms with Gasteiger partial charge in [-0.1, -0.05) is 62.9 Å². The molecule has 2 aromatic rings. The molecule has 0 saturated heterocycles. The number of benzene rings is 1. The minimum Gasteiger partial charge on any atom is -0.404 e. The van der Waals surface area contributed by atoms with E-state index in [0.29, 0.717) is 12.5 Å². The van der Waals surface area contributed by atoms with E-state index >= 15 is 0 Å². The van der Waals surface area contributed by atoms with E-state index in [2.05, 4.69) is 36.0 Å². The van der Waals surface area contributed by atoms with Crippen molar-refractivity contribution >= 4 is 23.8 Å². The lowest BCUT2D eigenvalue weighted by Crippen LogP contribution is -2.17. The summed E-state index contributed by atoms with van der Waals surface area (Å²) in [4.78, 5) is 8.81. The molecule has 1 aromatic heterocycles. The van der Waals surface area contributed by atoms with E-state index in [4.69, 9.17) is 25.7 Å². The third-order valence-corrected chi connectivity index (χ3v) is 5.50. The number of anilines is 1. The molecule has 1 N–H and O–H groups in total. The maximum absolute atomic E-state index is 11.7. The van der Waals surface area contributed by atoms with Gasteiger partial charge >= 0.3 is 6.36 Å². The minimum absolute atomic E-state index is 0.0441. The van der Waals surface area contributed by atoms with Crippen molar-refractivity contribution in [3.05, 3.63) is 40.5 Å². The third-order valence-electron chi connectivity index (χ3n) is 5.21. The highest BCUT2D eigenvalue weighted by Gasteiger charge is 2.31. The lowest BCUT2D eigenvalue weighted by atomic mass is 9.90. The Kier molecular flexibility index (Phi) is 17.7. The number of carbonyl (C=O) groups is 1. The van der Waals surface area contributed by atoms with Gasteiger partial charge in [0.05, 0.1) is 17.3 Å². The fraction of sp³-hybridized carbons (Fsp3) is 0.615. The molecule has 36 heavy (non-hydrogen) atoms. The van der Waals surface area contributed by atoms with E-state index < -0.39 is 6.36 Å². The van der Waals surface area contributed by atoms with Crippen LogP contribution in [0.3, 0.4) is 0 Å². The highest BCUT2D eigenvalue weighted by molar-refractivity contribution is 6.32. The number of hydrogen-bond donors (Lipinski definition) is 1. The highest BCUT2D eigenvalue weighted by atomic mass is 35.5. The zero-order valence-corrected chi connectivity index (χ0v) is 22.8. The van der Waals surface area contributed by atoms with Gasteiger partial charge in [-0.3, -0.25) is 0 Å². The SMILES string of the molecule is CC=O.CCCC(CCC(C)CC)c1cc(NCCOC)on1.Cc1ccc(OC(F)(F)F)c(Cl)c1. The number of nitrogens with zero attached hydrogens (tertiary/aromatic N) is 1. The second-order valence-corrected chi connectivity index (χ2v) is 8.74. The molecular weight excluding hydrogens is 497 g/mol.